The van der Waals surface area contributed by atoms with Crippen LogP contribution < -0.4 is 5.32 Å². The molecule has 2 N–H and O–H groups in total. The summed E-state index contributed by atoms with van der Waals surface area (Å²) in [6.45, 7) is 16.8. The van der Waals surface area contributed by atoms with Gasteiger partial charge in [0, 0.05) is 0 Å². The summed E-state index contributed by atoms with van der Waals surface area (Å²) < 4.78 is 17.2. The molecule has 1 aliphatic heterocycles. The summed E-state index contributed by atoms with van der Waals surface area (Å²) in [6, 6.07) is 0. The number of alkyl carbamates (subject to hydrolysis) is 1. The lowest BCUT2D eigenvalue weighted by molar-refractivity contribution is -0.145. The number of nitrogens with one attached hydrogen (secondary N) is 1. The molecule has 28 heavy (non-hydrogen) atoms. The van der Waals surface area contributed by atoms with E-state index in [1.807, 2.05) is 27.7 Å². The minimum absolute atomic E-state index is 0.109. The molecule has 1 amide bonds. The molecule has 160 valence electrons. The molecule has 0 aromatic heterocycles. The van der Waals surface area contributed by atoms with Crippen LogP contribution in [-0.2, 0) is 18.8 Å². The molecule has 0 aromatic carbocycles. The van der Waals surface area contributed by atoms with Crippen molar-refractivity contribution in [2.75, 3.05) is 0 Å². The van der Waals surface area contributed by atoms with Crippen molar-refractivity contribution >= 4 is 19.2 Å². The number of carbonyl (C=O) groups excluding carboxylic acids is 1. The van der Waals surface area contributed by atoms with Crippen LogP contribution in [0.4, 0.5) is 4.79 Å². The lowest BCUT2D eigenvalue weighted by atomic mass is 9.80. The van der Waals surface area contributed by atoms with E-state index in [0.717, 1.165) is 0 Å². The average molecular weight is 397 g/mol. The zero-order valence-corrected chi connectivity index (χ0v) is 18.4. The van der Waals surface area contributed by atoms with Crippen LogP contribution in [0.2, 0.25) is 6.32 Å². The Morgan fingerprint density at radius 2 is 1.68 bits per heavy atom. The van der Waals surface area contributed by atoms with Crippen LogP contribution in [0, 0.1) is 0 Å². The number of amides is 1. The Kier molecular flexibility index (Phi) is 7.76. The Bertz CT molecular complexity index is 568. The number of carboxylic acid groups (broad SMARTS) is 1. The fourth-order valence-corrected chi connectivity index (χ4v) is 3.03. The van der Waals surface area contributed by atoms with E-state index in [1.165, 1.54) is 6.08 Å². The molecule has 0 bridgehead atoms. The predicted octanol–water partition coefficient (Wildman–Crippen LogP) is 4.17. The lowest BCUT2D eigenvalue weighted by Crippen LogP contribution is -2.55. The Hall–Kier alpha value is -1.54. The molecule has 1 heterocycles. The molecule has 0 unspecified atom stereocenters. The van der Waals surface area contributed by atoms with Crippen LogP contribution in [0.15, 0.2) is 12.7 Å². The van der Waals surface area contributed by atoms with Crippen LogP contribution >= 0.6 is 0 Å². The first kappa shape index (κ1) is 24.5. The summed E-state index contributed by atoms with van der Waals surface area (Å²) in [5, 5.41) is 12.3. The van der Waals surface area contributed by atoms with Gasteiger partial charge in [-0.15, -0.1) is 6.58 Å². The van der Waals surface area contributed by atoms with Gasteiger partial charge in [0.2, 0.25) is 0 Å². The molecule has 1 aliphatic rings. The Morgan fingerprint density at radius 1 is 1.14 bits per heavy atom. The van der Waals surface area contributed by atoms with Crippen molar-refractivity contribution in [2.24, 2.45) is 0 Å². The summed E-state index contributed by atoms with van der Waals surface area (Å²) in [7, 11) is -0.317. The van der Waals surface area contributed by atoms with E-state index in [0.29, 0.717) is 19.2 Å². The number of rotatable bonds is 9. The normalized spacial score (nSPS) is 20.3. The van der Waals surface area contributed by atoms with E-state index in [4.69, 9.17) is 14.0 Å². The summed E-state index contributed by atoms with van der Waals surface area (Å²) in [4.78, 5) is 24.1. The van der Waals surface area contributed by atoms with Gasteiger partial charge >= 0.3 is 19.2 Å². The highest BCUT2D eigenvalue weighted by atomic mass is 16.7. The standard InChI is InChI=1S/C20H36BNO6/c1-9-12-20(15(23)24,22-16(25)26-17(2,3)4)13-10-11-14-21-27-18(5,6)19(7,8)28-21/h9H,1,10-14H2,2-8H3,(H,22,25)(H,23,24)/t20-/m0/s1. The highest BCUT2D eigenvalue weighted by molar-refractivity contribution is 6.45. The molecular formula is C20H36BNO6. The summed E-state index contributed by atoms with van der Waals surface area (Å²) in [5.41, 5.74) is -2.92. The maximum absolute atomic E-state index is 12.2. The largest absolute Gasteiger partial charge is 0.479 e. The number of hydrogen-bond acceptors (Lipinski definition) is 5. The molecule has 1 rings (SSSR count). The third kappa shape index (κ3) is 6.52. The maximum atomic E-state index is 12.2. The van der Waals surface area contributed by atoms with Gasteiger partial charge in [0.15, 0.2) is 0 Å². The van der Waals surface area contributed by atoms with Gasteiger partial charge in [0.05, 0.1) is 11.2 Å². The zero-order valence-electron chi connectivity index (χ0n) is 18.4. The van der Waals surface area contributed by atoms with Crippen LogP contribution in [0.1, 0.15) is 74.1 Å². The van der Waals surface area contributed by atoms with Crippen molar-refractivity contribution in [3.05, 3.63) is 12.7 Å². The topological polar surface area (TPSA) is 94.1 Å². The Balaban J connectivity index is 2.67. The Morgan fingerprint density at radius 3 is 2.11 bits per heavy atom. The fraction of sp³-hybridized carbons (Fsp3) is 0.800. The van der Waals surface area contributed by atoms with Gasteiger partial charge in [-0.3, -0.25) is 0 Å². The van der Waals surface area contributed by atoms with E-state index in [2.05, 4.69) is 11.9 Å². The molecule has 8 heteroatoms. The molecule has 1 fully saturated rings. The molecule has 0 saturated carbocycles. The lowest BCUT2D eigenvalue weighted by Gasteiger charge is -2.32. The first-order valence-corrected chi connectivity index (χ1v) is 9.85. The van der Waals surface area contributed by atoms with Crippen LogP contribution in [0.5, 0.6) is 0 Å². The molecule has 1 atom stereocenters. The molecule has 7 nitrogen and oxygen atoms in total. The van der Waals surface area contributed by atoms with Crippen LogP contribution in [-0.4, -0.2) is 46.6 Å². The predicted molar refractivity (Wildman–Crippen MR) is 109 cm³/mol. The number of ether oxygens (including phenoxy) is 1. The average Bonchev–Trinajstić information content (AvgIpc) is 2.69. The van der Waals surface area contributed by atoms with Crippen molar-refractivity contribution in [3.63, 3.8) is 0 Å². The quantitative estimate of drug-likeness (QED) is 0.345. The number of carbonyl (C=O) groups is 2. The first-order chi connectivity index (χ1) is 12.6. The minimum Gasteiger partial charge on any atom is -0.479 e. The monoisotopic (exact) mass is 397 g/mol. The SMILES string of the molecule is C=CC[C@@](CCCCB1OC(C)(C)C(C)(C)O1)(NC(=O)OC(C)(C)C)C(=O)O. The smallest absolute Gasteiger partial charge is 0.457 e. The zero-order chi connectivity index (χ0) is 21.8. The third-order valence-electron chi connectivity index (χ3n) is 5.24. The van der Waals surface area contributed by atoms with E-state index in [9.17, 15) is 14.7 Å². The fourth-order valence-electron chi connectivity index (χ4n) is 3.03. The van der Waals surface area contributed by atoms with Crippen molar-refractivity contribution in [1.82, 2.24) is 5.32 Å². The highest BCUT2D eigenvalue weighted by Gasteiger charge is 2.50. The number of carboxylic acids is 1. The highest BCUT2D eigenvalue weighted by Crippen LogP contribution is 2.38. The van der Waals surface area contributed by atoms with Gasteiger partial charge in [0.1, 0.15) is 11.1 Å². The Labute approximate surface area is 169 Å². The molecular weight excluding hydrogens is 361 g/mol. The molecule has 0 radical (unpaired) electrons. The van der Waals surface area contributed by atoms with Crippen LogP contribution in [0.3, 0.4) is 0 Å². The van der Waals surface area contributed by atoms with Gasteiger partial charge in [-0.25, -0.2) is 9.59 Å². The van der Waals surface area contributed by atoms with Gasteiger partial charge < -0.3 is 24.5 Å². The van der Waals surface area contributed by atoms with Crippen LogP contribution in [0.25, 0.3) is 0 Å². The second-order valence-corrected chi connectivity index (χ2v) is 9.44. The second kappa shape index (κ2) is 8.86. The van der Waals surface area contributed by atoms with E-state index in [1.54, 1.807) is 20.8 Å². The van der Waals surface area contributed by atoms with Gasteiger partial charge in [-0.1, -0.05) is 18.9 Å². The minimum atomic E-state index is -1.44. The summed E-state index contributed by atoms with van der Waals surface area (Å²) in [6.07, 6.45) is 3.06. The van der Waals surface area contributed by atoms with E-state index >= 15 is 0 Å². The first-order valence-electron chi connectivity index (χ1n) is 9.85. The van der Waals surface area contributed by atoms with Gasteiger partial charge in [0.25, 0.3) is 0 Å². The third-order valence-corrected chi connectivity index (χ3v) is 5.24. The summed E-state index contributed by atoms with van der Waals surface area (Å²) >= 11 is 0. The maximum Gasteiger partial charge on any atom is 0.457 e. The molecule has 0 spiro atoms. The van der Waals surface area contributed by atoms with E-state index < -0.39 is 23.2 Å². The molecule has 1 saturated heterocycles. The molecule has 0 aliphatic carbocycles. The van der Waals surface area contributed by atoms with Crippen molar-refractivity contribution in [3.8, 4) is 0 Å². The summed E-state index contributed by atoms with van der Waals surface area (Å²) in [5.74, 6) is -1.10. The van der Waals surface area contributed by atoms with Crippen molar-refractivity contribution in [2.45, 2.75) is 103 Å². The number of aliphatic carboxylic acids is 1. The molecule has 0 aromatic rings. The van der Waals surface area contributed by atoms with Crippen molar-refractivity contribution in [1.29, 1.82) is 0 Å². The second-order valence-electron chi connectivity index (χ2n) is 9.44. The number of unbranched alkanes of at least 4 members (excludes halogenated alkanes) is 1. The van der Waals surface area contributed by atoms with E-state index in [-0.39, 0.29) is 31.2 Å². The van der Waals surface area contributed by atoms with Crippen molar-refractivity contribution < 1.29 is 28.7 Å². The number of hydrogen-bond donors (Lipinski definition) is 2. The van der Waals surface area contributed by atoms with Gasteiger partial charge in [-0.2, -0.15) is 0 Å². The van der Waals surface area contributed by atoms with Gasteiger partial charge in [-0.05, 0) is 67.6 Å².